The van der Waals surface area contributed by atoms with Crippen LogP contribution < -0.4 is 4.90 Å². The lowest BCUT2D eigenvalue weighted by Crippen LogP contribution is -2.47. The molecular formula is C12H16N4O. The predicted octanol–water partition coefficient (Wildman–Crippen LogP) is 0.0676. The van der Waals surface area contributed by atoms with Crippen LogP contribution in [0.4, 0.5) is 5.69 Å². The van der Waals surface area contributed by atoms with Gasteiger partial charge >= 0.3 is 0 Å². The zero-order chi connectivity index (χ0) is 12.1. The summed E-state index contributed by atoms with van der Waals surface area (Å²) in [5, 5.41) is 17.9. The number of pyridine rings is 1. The van der Waals surface area contributed by atoms with E-state index < -0.39 is 0 Å². The average Bonchev–Trinajstić information content (AvgIpc) is 2.40. The summed E-state index contributed by atoms with van der Waals surface area (Å²) in [6.45, 7) is 4.52. The summed E-state index contributed by atoms with van der Waals surface area (Å²) in [6.07, 6.45) is 3.39. The van der Waals surface area contributed by atoms with Gasteiger partial charge in [0.25, 0.3) is 0 Å². The van der Waals surface area contributed by atoms with Gasteiger partial charge in [0.15, 0.2) is 0 Å². The van der Waals surface area contributed by atoms with Gasteiger partial charge < -0.3 is 10.0 Å². The first kappa shape index (κ1) is 11.8. The molecule has 1 N–H and O–H groups in total. The van der Waals surface area contributed by atoms with E-state index in [-0.39, 0.29) is 6.61 Å². The number of anilines is 1. The van der Waals surface area contributed by atoms with Crippen LogP contribution in [0.1, 0.15) is 5.56 Å². The van der Waals surface area contributed by atoms with Crippen molar-refractivity contribution in [3.8, 4) is 6.07 Å². The monoisotopic (exact) mass is 232 g/mol. The van der Waals surface area contributed by atoms with Gasteiger partial charge in [-0.15, -0.1) is 0 Å². The number of β-amino-alcohol motifs (C(OH)–C–C–N with tert-alkyl or cyclic N) is 1. The number of piperazine rings is 1. The second kappa shape index (κ2) is 5.62. The van der Waals surface area contributed by atoms with Gasteiger partial charge in [-0.1, -0.05) is 0 Å². The molecular weight excluding hydrogens is 216 g/mol. The van der Waals surface area contributed by atoms with Crippen LogP contribution in [0.5, 0.6) is 0 Å². The number of hydrogen-bond donors (Lipinski definition) is 1. The lowest BCUT2D eigenvalue weighted by atomic mass is 10.2. The first-order valence-corrected chi connectivity index (χ1v) is 5.77. The highest BCUT2D eigenvalue weighted by Gasteiger charge is 2.18. The van der Waals surface area contributed by atoms with Crippen LogP contribution in [-0.4, -0.2) is 54.3 Å². The second-order valence-electron chi connectivity index (χ2n) is 4.06. The summed E-state index contributed by atoms with van der Waals surface area (Å²) >= 11 is 0. The van der Waals surface area contributed by atoms with Gasteiger partial charge in [0.1, 0.15) is 6.07 Å². The lowest BCUT2D eigenvalue weighted by Gasteiger charge is -2.35. The van der Waals surface area contributed by atoms with E-state index in [1.807, 2.05) is 0 Å². The molecule has 5 nitrogen and oxygen atoms in total. The fraction of sp³-hybridized carbons (Fsp3) is 0.500. The first-order chi connectivity index (χ1) is 8.35. The summed E-state index contributed by atoms with van der Waals surface area (Å²) in [6, 6.07) is 3.94. The molecule has 0 aliphatic carbocycles. The van der Waals surface area contributed by atoms with Gasteiger partial charge in [-0.25, -0.2) is 0 Å². The summed E-state index contributed by atoms with van der Waals surface area (Å²) in [5.74, 6) is 0. The van der Waals surface area contributed by atoms with Crippen LogP contribution in [0, 0.1) is 11.3 Å². The Balaban J connectivity index is 2.03. The molecule has 0 unspecified atom stereocenters. The predicted molar refractivity (Wildman–Crippen MR) is 64.7 cm³/mol. The quantitative estimate of drug-likeness (QED) is 0.799. The molecule has 1 aliphatic rings. The van der Waals surface area contributed by atoms with Crippen LogP contribution in [0.15, 0.2) is 18.5 Å². The number of hydrogen-bond acceptors (Lipinski definition) is 5. The number of aromatic nitrogens is 1. The molecule has 1 aliphatic heterocycles. The number of rotatable bonds is 3. The minimum Gasteiger partial charge on any atom is -0.395 e. The Hall–Kier alpha value is -1.64. The highest BCUT2D eigenvalue weighted by atomic mass is 16.3. The summed E-state index contributed by atoms with van der Waals surface area (Å²) < 4.78 is 0. The van der Waals surface area contributed by atoms with E-state index >= 15 is 0 Å². The third kappa shape index (κ3) is 2.73. The molecule has 90 valence electrons. The fourth-order valence-electron chi connectivity index (χ4n) is 2.09. The summed E-state index contributed by atoms with van der Waals surface area (Å²) in [7, 11) is 0. The Bertz CT molecular complexity index is 407. The maximum absolute atomic E-state index is 9.04. The Labute approximate surface area is 101 Å². The molecule has 2 heterocycles. The van der Waals surface area contributed by atoms with E-state index in [1.165, 1.54) is 0 Å². The Kier molecular flexibility index (Phi) is 3.91. The van der Waals surface area contributed by atoms with E-state index in [4.69, 9.17) is 10.4 Å². The van der Waals surface area contributed by atoms with Crippen LogP contribution in [0.2, 0.25) is 0 Å². The molecule has 1 saturated heterocycles. The van der Waals surface area contributed by atoms with Crippen molar-refractivity contribution in [2.24, 2.45) is 0 Å². The molecule has 0 spiro atoms. The highest BCUT2D eigenvalue weighted by molar-refractivity contribution is 5.57. The maximum Gasteiger partial charge on any atom is 0.101 e. The van der Waals surface area contributed by atoms with E-state index in [0.29, 0.717) is 5.56 Å². The average molecular weight is 232 g/mol. The second-order valence-corrected chi connectivity index (χ2v) is 4.06. The van der Waals surface area contributed by atoms with E-state index in [9.17, 15) is 0 Å². The zero-order valence-corrected chi connectivity index (χ0v) is 9.71. The molecule has 1 fully saturated rings. The van der Waals surface area contributed by atoms with Gasteiger partial charge in [0.2, 0.25) is 0 Å². The molecule has 17 heavy (non-hydrogen) atoms. The SMILES string of the molecule is N#Cc1ccncc1N1CCN(CCO)CC1. The number of aliphatic hydroxyl groups excluding tert-OH is 1. The van der Waals surface area contributed by atoms with Gasteiger partial charge in [0.05, 0.1) is 24.1 Å². The fourth-order valence-corrected chi connectivity index (χ4v) is 2.09. The van der Waals surface area contributed by atoms with E-state index in [1.54, 1.807) is 18.5 Å². The van der Waals surface area contributed by atoms with Crippen molar-refractivity contribution in [1.82, 2.24) is 9.88 Å². The number of nitrogens with zero attached hydrogens (tertiary/aromatic N) is 4. The normalized spacial score (nSPS) is 16.8. The molecule has 0 aromatic carbocycles. The van der Waals surface area contributed by atoms with Crippen molar-refractivity contribution in [3.63, 3.8) is 0 Å². The lowest BCUT2D eigenvalue weighted by molar-refractivity contribution is 0.188. The van der Waals surface area contributed by atoms with Crippen molar-refractivity contribution < 1.29 is 5.11 Å². The topological polar surface area (TPSA) is 63.4 Å². The Morgan fingerprint density at radius 3 is 2.76 bits per heavy atom. The molecule has 2 rings (SSSR count). The zero-order valence-electron chi connectivity index (χ0n) is 9.71. The van der Waals surface area contributed by atoms with Crippen LogP contribution in [0.3, 0.4) is 0 Å². The number of nitriles is 1. The van der Waals surface area contributed by atoms with Gasteiger partial charge in [0, 0.05) is 38.9 Å². The van der Waals surface area contributed by atoms with Crippen molar-refractivity contribution in [2.45, 2.75) is 0 Å². The highest BCUT2D eigenvalue weighted by Crippen LogP contribution is 2.19. The van der Waals surface area contributed by atoms with Crippen molar-refractivity contribution in [2.75, 3.05) is 44.2 Å². The standard InChI is InChI=1S/C12H16N4O/c13-9-11-1-2-14-10-12(11)16-5-3-15(4-6-16)7-8-17/h1-2,10,17H,3-8H2. The minimum atomic E-state index is 0.205. The molecule has 0 bridgehead atoms. The molecule has 0 saturated carbocycles. The van der Waals surface area contributed by atoms with Crippen LogP contribution >= 0.6 is 0 Å². The third-order valence-corrected chi connectivity index (χ3v) is 3.05. The summed E-state index contributed by atoms with van der Waals surface area (Å²) in [5.41, 5.74) is 1.59. The number of aliphatic hydroxyl groups is 1. The van der Waals surface area contributed by atoms with Crippen LogP contribution in [-0.2, 0) is 0 Å². The van der Waals surface area contributed by atoms with Crippen molar-refractivity contribution in [3.05, 3.63) is 24.0 Å². The molecule has 1 aromatic heterocycles. The van der Waals surface area contributed by atoms with E-state index in [2.05, 4.69) is 20.9 Å². The van der Waals surface area contributed by atoms with Gasteiger partial charge in [-0.3, -0.25) is 9.88 Å². The largest absolute Gasteiger partial charge is 0.395 e. The van der Waals surface area contributed by atoms with Gasteiger partial charge in [-0.05, 0) is 6.07 Å². The Morgan fingerprint density at radius 1 is 1.35 bits per heavy atom. The maximum atomic E-state index is 9.04. The third-order valence-electron chi connectivity index (χ3n) is 3.05. The smallest absolute Gasteiger partial charge is 0.101 e. The molecule has 1 aromatic rings. The molecule has 0 amide bonds. The van der Waals surface area contributed by atoms with E-state index in [0.717, 1.165) is 38.4 Å². The molecule has 0 radical (unpaired) electrons. The van der Waals surface area contributed by atoms with Crippen molar-refractivity contribution >= 4 is 5.69 Å². The van der Waals surface area contributed by atoms with Gasteiger partial charge in [-0.2, -0.15) is 5.26 Å². The molecule has 0 atom stereocenters. The van der Waals surface area contributed by atoms with Crippen molar-refractivity contribution in [1.29, 1.82) is 5.26 Å². The minimum absolute atomic E-state index is 0.205. The van der Waals surface area contributed by atoms with Crippen LogP contribution in [0.25, 0.3) is 0 Å². The Morgan fingerprint density at radius 2 is 2.12 bits per heavy atom. The first-order valence-electron chi connectivity index (χ1n) is 5.77. The summed E-state index contributed by atoms with van der Waals surface area (Å²) in [4.78, 5) is 8.48. The molecule has 5 heteroatoms.